The van der Waals surface area contributed by atoms with Crippen molar-refractivity contribution in [3.8, 4) is 0 Å². The number of aryl methyl sites for hydroxylation is 1. The fraction of sp³-hybridized carbons (Fsp3) is 0.333. The number of carbonyl (C=O) groups excluding carboxylic acids is 1. The third kappa shape index (κ3) is 2.85. The number of nitrogens with one attached hydrogen (secondary N) is 1. The van der Waals surface area contributed by atoms with Gasteiger partial charge in [-0.3, -0.25) is 9.59 Å². The highest BCUT2D eigenvalue weighted by Gasteiger charge is 2.18. The molecular formula is C12H15N5O3. The summed E-state index contributed by atoms with van der Waals surface area (Å²) in [5, 5.41) is 19.2. The van der Waals surface area contributed by atoms with Crippen LogP contribution in [0.15, 0.2) is 24.7 Å². The highest BCUT2D eigenvalue weighted by Crippen LogP contribution is 2.10. The molecule has 0 saturated heterocycles. The van der Waals surface area contributed by atoms with Gasteiger partial charge in [0.1, 0.15) is 18.6 Å². The van der Waals surface area contributed by atoms with E-state index < -0.39 is 5.97 Å². The van der Waals surface area contributed by atoms with Gasteiger partial charge in [0, 0.05) is 13.2 Å². The van der Waals surface area contributed by atoms with Gasteiger partial charge in [-0.1, -0.05) is 0 Å². The minimum Gasteiger partial charge on any atom is -0.480 e. The number of carboxylic acids is 1. The van der Waals surface area contributed by atoms with Gasteiger partial charge in [-0.25, -0.2) is 0 Å². The van der Waals surface area contributed by atoms with Gasteiger partial charge in [0.05, 0.1) is 6.04 Å². The number of carbonyl (C=O) groups is 2. The Balaban J connectivity index is 2.11. The Labute approximate surface area is 115 Å². The van der Waals surface area contributed by atoms with E-state index in [2.05, 4.69) is 15.5 Å². The van der Waals surface area contributed by atoms with Crippen molar-refractivity contribution in [1.29, 1.82) is 0 Å². The van der Waals surface area contributed by atoms with Crippen LogP contribution < -0.4 is 5.32 Å². The van der Waals surface area contributed by atoms with Crippen LogP contribution in [0.5, 0.6) is 0 Å². The first kappa shape index (κ1) is 13.8. The molecule has 0 radical (unpaired) electrons. The Kier molecular flexibility index (Phi) is 3.83. The van der Waals surface area contributed by atoms with Crippen LogP contribution in [-0.2, 0) is 18.4 Å². The van der Waals surface area contributed by atoms with Gasteiger partial charge in [-0.2, -0.15) is 0 Å². The number of carboxylic acid groups (broad SMARTS) is 1. The molecule has 0 aliphatic rings. The third-order valence-electron chi connectivity index (χ3n) is 2.85. The van der Waals surface area contributed by atoms with Crippen molar-refractivity contribution in [2.45, 2.75) is 19.5 Å². The van der Waals surface area contributed by atoms with Gasteiger partial charge >= 0.3 is 5.97 Å². The molecule has 0 spiro atoms. The first-order chi connectivity index (χ1) is 9.49. The van der Waals surface area contributed by atoms with Crippen molar-refractivity contribution >= 4 is 11.9 Å². The summed E-state index contributed by atoms with van der Waals surface area (Å²) in [6.07, 6.45) is 3.10. The fourth-order valence-electron chi connectivity index (χ4n) is 1.92. The molecule has 2 heterocycles. The second-order valence-electron chi connectivity index (χ2n) is 4.41. The molecule has 8 nitrogen and oxygen atoms in total. The molecule has 0 aliphatic heterocycles. The van der Waals surface area contributed by atoms with E-state index in [4.69, 9.17) is 5.11 Å². The molecule has 0 aliphatic carbocycles. The summed E-state index contributed by atoms with van der Waals surface area (Å²) < 4.78 is 3.09. The molecule has 0 bridgehead atoms. The van der Waals surface area contributed by atoms with Crippen LogP contribution in [0.3, 0.4) is 0 Å². The van der Waals surface area contributed by atoms with E-state index in [0.717, 1.165) is 0 Å². The monoisotopic (exact) mass is 277 g/mol. The first-order valence-corrected chi connectivity index (χ1v) is 6.00. The smallest absolute Gasteiger partial charge is 0.323 e. The quantitative estimate of drug-likeness (QED) is 0.812. The molecule has 2 N–H and O–H groups in total. The Bertz CT molecular complexity index is 631. The minimum absolute atomic E-state index is 0.256. The lowest BCUT2D eigenvalue weighted by Gasteiger charge is -2.13. The summed E-state index contributed by atoms with van der Waals surface area (Å²) in [6.45, 7) is 1.53. The maximum Gasteiger partial charge on any atom is 0.323 e. The van der Waals surface area contributed by atoms with Gasteiger partial charge in [-0.15, -0.1) is 10.2 Å². The zero-order chi connectivity index (χ0) is 14.7. The van der Waals surface area contributed by atoms with Crippen molar-refractivity contribution in [2.24, 2.45) is 7.05 Å². The summed E-state index contributed by atoms with van der Waals surface area (Å²) in [6, 6.07) is 2.87. The van der Waals surface area contributed by atoms with Crippen molar-refractivity contribution in [2.75, 3.05) is 0 Å². The van der Waals surface area contributed by atoms with Crippen LogP contribution in [0, 0.1) is 0 Å². The molecule has 2 aromatic rings. The van der Waals surface area contributed by atoms with Crippen LogP contribution in [0.2, 0.25) is 0 Å². The van der Waals surface area contributed by atoms with Gasteiger partial charge in [0.15, 0.2) is 5.82 Å². The van der Waals surface area contributed by atoms with Crippen molar-refractivity contribution in [1.82, 2.24) is 24.6 Å². The molecule has 106 valence electrons. The summed E-state index contributed by atoms with van der Waals surface area (Å²) in [4.78, 5) is 22.9. The second kappa shape index (κ2) is 5.55. The van der Waals surface area contributed by atoms with Crippen LogP contribution in [-0.4, -0.2) is 36.3 Å². The molecule has 2 rings (SSSR count). The van der Waals surface area contributed by atoms with E-state index in [9.17, 15) is 9.59 Å². The zero-order valence-corrected chi connectivity index (χ0v) is 11.1. The molecule has 1 unspecified atom stereocenters. The van der Waals surface area contributed by atoms with E-state index in [1.807, 2.05) is 0 Å². The Morgan fingerprint density at radius 1 is 1.50 bits per heavy atom. The molecule has 0 saturated carbocycles. The Hall–Kier alpha value is -2.64. The predicted molar refractivity (Wildman–Crippen MR) is 69.0 cm³/mol. The fourth-order valence-corrected chi connectivity index (χ4v) is 1.92. The van der Waals surface area contributed by atoms with E-state index in [-0.39, 0.29) is 18.5 Å². The molecule has 2 aromatic heterocycles. The van der Waals surface area contributed by atoms with E-state index in [1.165, 1.54) is 4.57 Å². The lowest BCUT2D eigenvalue weighted by molar-refractivity contribution is -0.137. The summed E-state index contributed by atoms with van der Waals surface area (Å²) in [7, 11) is 1.78. The average Bonchev–Trinajstić information content (AvgIpc) is 2.97. The number of rotatable bonds is 5. The van der Waals surface area contributed by atoms with E-state index in [0.29, 0.717) is 11.5 Å². The zero-order valence-electron chi connectivity index (χ0n) is 11.1. The summed E-state index contributed by atoms with van der Waals surface area (Å²) in [5.74, 6) is -0.738. The molecule has 8 heteroatoms. The van der Waals surface area contributed by atoms with Gasteiger partial charge in [0.25, 0.3) is 5.91 Å². The van der Waals surface area contributed by atoms with Crippen molar-refractivity contribution < 1.29 is 14.7 Å². The van der Waals surface area contributed by atoms with Gasteiger partial charge in [0.2, 0.25) is 0 Å². The summed E-state index contributed by atoms with van der Waals surface area (Å²) in [5.41, 5.74) is 0.293. The molecule has 20 heavy (non-hydrogen) atoms. The van der Waals surface area contributed by atoms with Crippen LogP contribution in [0.25, 0.3) is 0 Å². The van der Waals surface area contributed by atoms with Gasteiger partial charge < -0.3 is 19.6 Å². The molecule has 0 fully saturated rings. The van der Waals surface area contributed by atoms with Crippen LogP contribution in [0.1, 0.15) is 29.3 Å². The lowest BCUT2D eigenvalue weighted by atomic mass is 10.3. The second-order valence-corrected chi connectivity index (χ2v) is 4.41. The Morgan fingerprint density at radius 2 is 2.25 bits per heavy atom. The third-order valence-corrected chi connectivity index (χ3v) is 2.85. The average molecular weight is 277 g/mol. The number of aliphatic carboxylic acids is 1. The number of aromatic nitrogens is 4. The minimum atomic E-state index is -1.00. The van der Waals surface area contributed by atoms with Crippen molar-refractivity contribution in [3.05, 3.63) is 36.2 Å². The van der Waals surface area contributed by atoms with Gasteiger partial charge in [-0.05, 0) is 19.1 Å². The SMILES string of the molecule is CC(NC(=O)c1cccn1CC(=O)O)c1nncn1C. The van der Waals surface area contributed by atoms with Crippen LogP contribution >= 0.6 is 0 Å². The topological polar surface area (TPSA) is 102 Å². The van der Waals surface area contributed by atoms with E-state index >= 15 is 0 Å². The number of hydrogen-bond donors (Lipinski definition) is 2. The first-order valence-electron chi connectivity index (χ1n) is 6.00. The maximum absolute atomic E-state index is 12.1. The number of nitrogens with zero attached hydrogens (tertiary/aromatic N) is 4. The molecular weight excluding hydrogens is 262 g/mol. The largest absolute Gasteiger partial charge is 0.480 e. The number of amides is 1. The van der Waals surface area contributed by atoms with E-state index in [1.54, 1.807) is 43.2 Å². The lowest BCUT2D eigenvalue weighted by Crippen LogP contribution is -2.30. The van der Waals surface area contributed by atoms with Crippen molar-refractivity contribution in [3.63, 3.8) is 0 Å². The molecule has 0 aromatic carbocycles. The molecule has 1 atom stereocenters. The highest BCUT2D eigenvalue weighted by atomic mass is 16.4. The Morgan fingerprint density at radius 3 is 2.85 bits per heavy atom. The normalized spacial score (nSPS) is 12.1. The van der Waals surface area contributed by atoms with Crippen LogP contribution in [0.4, 0.5) is 0 Å². The summed E-state index contributed by atoms with van der Waals surface area (Å²) >= 11 is 0. The maximum atomic E-state index is 12.1. The molecule has 1 amide bonds. The predicted octanol–water partition coefficient (Wildman–Crippen LogP) is 0.192. The highest BCUT2D eigenvalue weighted by molar-refractivity contribution is 5.93. The number of hydrogen-bond acceptors (Lipinski definition) is 4. The standard InChI is InChI=1S/C12H15N5O3/c1-8(11-15-13-7-16(11)2)14-12(20)9-4-3-5-17(9)6-10(18)19/h3-5,7-8H,6H2,1-2H3,(H,14,20)(H,18,19).